The van der Waals surface area contributed by atoms with E-state index in [0.717, 1.165) is 0 Å². The van der Waals surface area contributed by atoms with Crippen molar-refractivity contribution in [2.45, 2.75) is 6.92 Å². The standard InChI is InChI=1S/C18H13Br2Cl2N5O2/c1-8-5-9(21)6-10(17(28)26-23)14(8)25-18(29)13-7-11(19)15(20)27(13)16-12(22)3-2-4-24-16/h2-7H,23H2,1H3,(H,25,29)(H,26,28). The molecule has 0 radical (unpaired) electrons. The van der Waals surface area contributed by atoms with Gasteiger partial charge in [-0.1, -0.05) is 23.2 Å². The average Bonchev–Trinajstić information content (AvgIpc) is 2.98. The van der Waals surface area contributed by atoms with Crippen LogP contribution in [-0.2, 0) is 0 Å². The number of hydrazine groups is 1. The molecule has 7 nitrogen and oxygen atoms in total. The Hall–Kier alpha value is -1.91. The van der Waals surface area contributed by atoms with Crippen molar-refractivity contribution in [3.8, 4) is 5.82 Å². The van der Waals surface area contributed by atoms with Crippen LogP contribution in [0.1, 0.15) is 26.4 Å². The lowest BCUT2D eigenvalue weighted by molar-refractivity contribution is 0.0954. The normalized spacial score (nSPS) is 10.7. The molecule has 2 aromatic heterocycles. The van der Waals surface area contributed by atoms with Gasteiger partial charge in [0.2, 0.25) is 0 Å². The summed E-state index contributed by atoms with van der Waals surface area (Å²) in [7, 11) is 0. The molecule has 1 aromatic carbocycles. The minimum atomic E-state index is -0.587. The molecular formula is C18H13Br2Cl2N5O2. The number of nitrogens with zero attached hydrogens (tertiary/aromatic N) is 2. The minimum Gasteiger partial charge on any atom is -0.320 e. The predicted molar refractivity (Wildman–Crippen MR) is 120 cm³/mol. The molecular weight excluding hydrogens is 549 g/mol. The molecule has 3 rings (SSSR count). The zero-order valence-corrected chi connectivity index (χ0v) is 19.4. The molecule has 3 aromatic rings. The molecule has 0 aliphatic heterocycles. The van der Waals surface area contributed by atoms with E-state index >= 15 is 0 Å². The van der Waals surface area contributed by atoms with Crippen molar-refractivity contribution < 1.29 is 9.59 Å². The highest BCUT2D eigenvalue weighted by Crippen LogP contribution is 2.33. The summed E-state index contributed by atoms with van der Waals surface area (Å²) in [5.74, 6) is 4.55. The molecule has 0 aliphatic rings. The Morgan fingerprint density at radius 3 is 2.55 bits per heavy atom. The van der Waals surface area contributed by atoms with Crippen LogP contribution in [0.15, 0.2) is 45.6 Å². The summed E-state index contributed by atoms with van der Waals surface area (Å²) in [4.78, 5) is 29.6. The molecule has 4 N–H and O–H groups in total. The lowest BCUT2D eigenvalue weighted by Crippen LogP contribution is -2.31. The minimum absolute atomic E-state index is 0.137. The van der Waals surface area contributed by atoms with Crippen molar-refractivity contribution in [3.05, 3.63) is 72.5 Å². The summed E-state index contributed by atoms with van der Waals surface area (Å²) >= 11 is 19.2. The number of halogens is 4. The topological polar surface area (TPSA) is 102 Å². The largest absolute Gasteiger partial charge is 0.320 e. The average molecular weight is 562 g/mol. The van der Waals surface area contributed by atoms with Crippen molar-refractivity contribution in [1.29, 1.82) is 0 Å². The van der Waals surface area contributed by atoms with Crippen molar-refractivity contribution in [2.24, 2.45) is 5.84 Å². The van der Waals surface area contributed by atoms with Gasteiger partial charge in [-0.15, -0.1) is 0 Å². The number of aryl methyl sites for hydroxylation is 1. The lowest BCUT2D eigenvalue weighted by atomic mass is 10.1. The third-order valence-electron chi connectivity index (χ3n) is 4.00. The second kappa shape index (κ2) is 8.85. The van der Waals surface area contributed by atoms with Gasteiger partial charge in [0, 0.05) is 11.2 Å². The lowest BCUT2D eigenvalue weighted by Gasteiger charge is -2.15. The number of nitrogen functional groups attached to an aromatic ring is 1. The van der Waals surface area contributed by atoms with Crippen LogP contribution < -0.4 is 16.6 Å². The second-order valence-corrected chi connectivity index (χ2v) is 8.33. The first kappa shape index (κ1) is 21.8. The number of carbonyl (C=O) groups excluding carboxylic acids is 2. The monoisotopic (exact) mass is 559 g/mol. The van der Waals surface area contributed by atoms with Crippen LogP contribution in [-0.4, -0.2) is 21.4 Å². The van der Waals surface area contributed by atoms with E-state index in [-0.39, 0.29) is 16.9 Å². The molecule has 2 heterocycles. The molecule has 29 heavy (non-hydrogen) atoms. The maximum absolute atomic E-state index is 13.1. The Morgan fingerprint density at radius 2 is 1.90 bits per heavy atom. The maximum Gasteiger partial charge on any atom is 0.272 e. The molecule has 0 unspecified atom stereocenters. The summed E-state index contributed by atoms with van der Waals surface area (Å²) in [6, 6.07) is 8.02. The van der Waals surface area contributed by atoms with Gasteiger partial charge in [0.1, 0.15) is 10.3 Å². The molecule has 0 aliphatic carbocycles. The van der Waals surface area contributed by atoms with E-state index in [4.69, 9.17) is 29.0 Å². The summed E-state index contributed by atoms with van der Waals surface area (Å²) in [5.41, 5.74) is 3.30. The Bertz CT molecular complexity index is 1130. The molecule has 0 bridgehead atoms. The zero-order valence-electron chi connectivity index (χ0n) is 14.8. The van der Waals surface area contributed by atoms with Crippen LogP contribution in [0.4, 0.5) is 5.69 Å². The predicted octanol–water partition coefficient (Wildman–Crippen LogP) is 4.87. The fraction of sp³-hybridized carbons (Fsp3) is 0.0556. The molecule has 0 saturated heterocycles. The Labute approximate surface area is 192 Å². The smallest absolute Gasteiger partial charge is 0.272 e. The Kier molecular flexibility index (Phi) is 6.65. The van der Waals surface area contributed by atoms with Crippen LogP contribution in [0.25, 0.3) is 5.82 Å². The number of nitrogens with one attached hydrogen (secondary N) is 2. The van der Waals surface area contributed by atoms with Gasteiger partial charge >= 0.3 is 0 Å². The molecule has 0 fully saturated rings. The van der Waals surface area contributed by atoms with Gasteiger partial charge in [-0.2, -0.15) is 0 Å². The van der Waals surface area contributed by atoms with Gasteiger partial charge in [0.05, 0.1) is 20.7 Å². The highest BCUT2D eigenvalue weighted by molar-refractivity contribution is 9.13. The van der Waals surface area contributed by atoms with Crippen LogP contribution in [0.3, 0.4) is 0 Å². The van der Waals surface area contributed by atoms with E-state index in [1.165, 1.54) is 6.07 Å². The highest BCUT2D eigenvalue weighted by Gasteiger charge is 2.23. The fourth-order valence-electron chi connectivity index (χ4n) is 2.72. The van der Waals surface area contributed by atoms with Crippen molar-refractivity contribution in [2.75, 3.05) is 5.32 Å². The number of carbonyl (C=O) groups is 2. The second-order valence-electron chi connectivity index (χ2n) is 5.89. The van der Waals surface area contributed by atoms with Gasteiger partial charge in [-0.25, -0.2) is 10.8 Å². The summed E-state index contributed by atoms with van der Waals surface area (Å²) in [6.45, 7) is 1.72. The first-order chi connectivity index (χ1) is 13.7. The quantitative estimate of drug-likeness (QED) is 0.240. The number of nitrogens with two attached hydrogens (primary N) is 1. The van der Waals surface area contributed by atoms with Crippen LogP contribution >= 0.6 is 55.1 Å². The molecule has 150 valence electrons. The maximum atomic E-state index is 13.1. The summed E-state index contributed by atoms with van der Waals surface area (Å²) < 4.78 is 2.73. The number of benzene rings is 1. The molecule has 0 spiro atoms. The third-order valence-corrected chi connectivity index (χ3v) is 6.43. The van der Waals surface area contributed by atoms with Gasteiger partial charge in [-0.3, -0.25) is 19.6 Å². The first-order valence-corrected chi connectivity index (χ1v) is 10.4. The van der Waals surface area contributed by atoms with E-state index in [1.54, 1.807) is 42.0 Å². The van der Waals surface area contributed by atoms with E-state index in [9.17, 15) is 9.59 Å². The molecule has 0 atom stereocenters. The fourth-order valence-corrected chi connectivity index (χ4v) is 4.06. The van der Waals surface area contributed by atoms with E-state index in [0.29, 0.717) is 30.5 Å². The number of rotatable bonds is 4. The SMILES string of the molecule is Cc1cc(Cl)cc(C(=O)NN)c1NC(=O)c1cc(Br)c(Br)n1-c1ncccc1Cl. The van der Waals surface area contributed by atoms with E-state index in [2.05, 4.69) is 47.6 Å². The summed E-state index contributed by atoms with van der Waals surface area (Å²) in [5, 5.41) is 3.46. The van der Waals surface area contributed by atoms with Crippen molar-refractivity contribution in [3.63, 3.8) is 0 Å². The first-order valence-electron chi connectivity index (χ1n) is 8.04. The Balaban J connectivity index is 2.10. The number of anilines is 1. The summed E-state index contributed by atoms with van der Waals surface area (Å²) in [6.07, 6.45) is 1.57. The Morgan fingerprint density at radius 1 is 1.17 bits per heavy atom. The van der Waals surface area contributed by atoms with Crippen molar-refractivity contribution >= 4 is 72.6 Å². The van der Waals surface area contributed by atoms with Gasteiger partial charge in [0.25, 0.3) is 11.8 Å². The molecule has 11 heteroatoms. The number of amides is 2. The van der Waals surface area contributed by atoms with Crippen molar-refractivity contribution in [1.82, 2.24) is 15.0 Å². The van der Waals surface area contributed by atoms with Gasteiger partial charge in [-0.05, 0) is 74.7 Å². The van der Waals surface area contributed by atoms with Gasteiger partial charge in [0.15, 0.2) is 5.82 Å². The zero-order chi connectivity index (χ0) is 21.3. The van der Waals surface area contributed by atoms with E-state index in [1.807, 2.05) is 0 Å². The number of hydrogen-bond acceptors (Lipinski definition) is 4. The highest BCUT2D eigenvalue weighted by atomic mass is 79.9. The van der Waals surface area contributed by atoms with Crippen LogP contribution in [0.2, 0.25) is 10.0 Å². The molecule has 2 amide bonds. The van der Waals surface area contributed by atoms with Gasteiger partial charge < -0.3 is 5.32 Å². The molecule has 0 saturated carbocycles. The van der Waals surface area contributed by atoms with Crippen LogP contribution in [0, 0.1) is 6.92 Å². The number of pyridine rings is 1. The number of aromatic nitrogens is 2. The third kappa shape index (κ3) is 4.34. The van der Waals surface area contributed by atoms with Crippen LogP contribution in [0.5, 0.6) is 0 Å². The number of hydrogen-bond donors (Lipinski definition) is 3. The van der Waals surface area contributed by atoms with E-state index < -0.39 is 11.8 Å².